The van der Waals surface area contributed by atoms with Crippen LogP contribution >= 0.6 is 11.6 Å². The van der Waals surface area contributed by atoms with Crippen molar-refractivity contribution in [3.8, 4) is 11.5 Å². The van der Waals surface area contributed by atoms with E-state index >= 15 is 0 Å². The minimum atomic E-state index is -0.236. The van der Waals surface area contributed by atoms with Crippen LogP contribution in [0.2, 0.25) is 5.02 Å². The first-order valence-corrected chi connectivity index (χ1v) is 7.11. The number of benzene rings is 2. The van der Waals surface area contributed by atoms with Crippen molar-refractivity contribution < 1.29 is 14.3 Å². The maximum absolute atomic E-state index is 11.9. The van der Waals surface area contributed by atoms with Gasteiger partial charge in [-0.25, -0.2) is 0 Å². The molecule has 1 aliphatic rings. The Morgan fingerprint density at radius 1 is 1.24 bits per heavy atom. The van der Waals surface area contributed by atoms with Crippen LogP contribution in [0, 0.1) is 6.92 Å². The summed E-state index contributed by atoms with van der Waals surface area (Å²) in [5.74, 6) is 1.01. The maximum Gasteiger partial charge on any atom is 0.312 e. The summed E-state index contributed by atoms with van der Waals surface area (Å²) in [5.41, 5.74) is 2.79. The van der Waals surface area contributed by atoms with E-state index in [9.17, 15) is 4.79 Å². The van der Waals surface area contributed by atoms with Crippen LogP contribution in [0.4, 0.5) is 0 Å². The summed E-state index contributed by atoms with van der Waals surface area (Å²) in [6, 6.07) is 11.4. The first kappa shape index (κ1) is 14.0. The average Bonchev–Trinajstić information content (AvgIpc) is 2.48. The molecule has 4 heteroatoms. The first-order valence-electron chi connectivity index (χ1n) is 6.73. The molecule has 108 valence electrons. The second-order valence-electron chi connectivity index (χ2n) is 5.11. The van der Waals surface area contributed by atoms with Crippen LogP contribution in [0.3, 0.4) is 0 Å². The highest BCUT2D eigenvalue weighted by Crippen LogP contribution is 2.43. The normalized spacial score (nSPS) is 17.1. The molecule has 0 aliphatic carbocycles. The lowest BCUT2D eigenvalue weighted by Gasteiger charge is -2.26. The molecule has 0 amide bonds. The van der Waals surface area contributed by atoms with Crippen molar-refractivity contribution in [3.63, 3.8) is 0 Å². The number of carbonyl (C=O) groups excluding carboxylic acids is 1. The van der Waals surface area contributed by atoms with Gasteiger partial charge in [0.1, 0.15) is 11.5 Å². The standard InChI is InChI=1S/C17H15ClO3/c1-10-7-16-13(8-14(10)18)12(9-17(19)21-16)11-5-3-4-6-15(11)20-2/h3-8,12H,9H2,1-2H3/t12-/m0/s1. The number of aryl methyl sites for hydroxylation is 1. The number of hydrogen-bond donors (Lipinski definition) is 0. The lowest BCUT2D eigenvalue weighted by molar-refractivity contribution is -0.135. The van der Waals surface area contributed by atoms with E-state index in [0.717, 1.165) is 22.4 Å². The van der Waals surface area contributed by atoms with Crippen molar-refractivity contribution >= 4 is 17.6 Å². The van der Waals surface area contributed by atoms with E-state index in [1.807, 2.05) is 43.3 Å². The fourth-order valence-electron chi connectivity index (χ4n) is 2.70. The molecule has 0 saturated carbocycles. The number of fused-ring (bicyclic) bond motifs is 1. The minimum absolute atomic E-state index is 0.101. The van der Waals surface area contributed by atoms with Crippen molar-refractivity contribution in [1.82, 2.24) is 0 Å². The lowest BCUT2D eigenvalue weighted by Crippen LogP contribution is -2.21. The van der Waals surface area contributed by atoms with Gasteiger partial charge < -0.3 is 9.47 Å². The molecule has 2 aromatic carbocycles. The third-order valence-corrected chi connectivity index (χ3v) is 4.18. The van der Waals surface area contributed by atoms with Crippen LogP contribution in [0.15, 0.2) is 36.4 Å². The highest BCUT2D eigenvalue weighted by atomic mass is 35.5. The Bertz CT molecular complexity index is 709. The lowest BCUT2D eigenvalue weighted by atomic mass is 9.85. The fourth-order valence-corrected chi connectivity index (χ4v) is 2.88. The van der Waals surface area contributed by atoms with Crippen molar-refractivity contribution in [2.75, 3.05) is 7.11 Å². The molecule has 2 aromatic rings. The van der Waals surface area contributed by atoms with Crippen molar-refractivity contribution in [2.24, 2.45) is 0 Å². The van der Waals surface area contributed by atoms with Gasteiger partial charge in [-0.1, -0.05) is 29.8 Å². The van der Waals surface area contributed by atoms with Gasteiger partial charge in [0.05, 0.1) is 13.5 Å². The van der Waals surface area contributed by atoms with Crippen LogP contribution < -0.4 is 9.47 Å². The largest absolute Gasteiger partial charge is 0.496 e. The Labute approximate surface area is 128 Å². The third-order valence-electron chi connectivity index (χ3n) is 3.78. The van der Waals surface area contributed by atoms with E-state index in [2.05, 4.69) is 0 Å². The molecule has 0 spiro atoms. The van der Waals surface area contributed by atoms with E-state index in [4.69, 9.17) is 21.1 Å². The second-order valence-corrected chi connectivity index (χ2v) is 5.52. The molecule has 0 radical (unpaired) electrons. The van der Waals surface area contributed by atoms with Gasteiger partial charge in [-0.3, -0.25) is 4.79 Å². The topological polar surface area (TPSA) is 35.5 Å². The molecule has 1 aliphatic heterocycles. The number of hydrogen-bond acceptors (Lipinski definition) is 3. The Kier molecular flexibility index (Phi) is 3.60. The molecular formula is C17H15ClO3. The number of rotatable bonds is 2. The van der Waals surface area contributed by atoms with E-state index in [0.29, 0.717) is 10.8 Å². The van der Waals surface area contributed by atoms with E-state index in [1.54, 1.807) is 7.11 Å². The van der Waals surface area contributed by atoms with Crippen molar-refractivity contribution in [2.45, 2.75) is 19.3 Å². The fraction of sp³-hybridized carbons (Fsp3) is 0.235. The summed E-state index contributed by atoms with van der Waals surface area (Å²) in [7, 11) is 1.63. The van der Waals surface area contributed by atoms with Gasteiger partial charge in [0.25, 0.3) is 0 Å². The summed E-state index contributed by atoms with van der Waals surface area (Å²) in [5, 5.41) is 0.673. The van der Waals surface area contributed by atoms with Gasteiger partial charge in [0.2, 0.25) is 0 Å². The third kappa shape index (κ3) is 2.49. The molecule has 0 saturated heterocycles. The Hall–Kier alpha value is -2.00. The van der Waals surface area contributed by atoms with Crippen LogP contribution in [0.25, 0.3) is 0 Å². The Morgan fingerprint density at radius 3 is 2.76 bits per heavy atom. The number of ether oxygens (including phenoxy) is 2. The zero-order chi connectivity index (χ0) is 15.0. The molecule has 0 bridgehead atoms. The second kappa shape index (κ2) is 5.41. The molecule has 0 N–H and O–H groups in total. The first-order chi connectivity index (χ1) is 10.1. The number of methoxy groups -OCH3 is 1. The molecule has 0 aromatic heterocycles. The van der Waals surface area contributed by atoms with Gasteiger partial charge in [0, 0.05) is 22.1 Å². The molecule has 3 nitrogen and oxygen atoms in total. The SMILES string of the molecule is COc1ccccc1[C@@H]1CC(=O)Oc2cc(C)c(Cl)cc21. The highest BCUT2D eigenvalue weighted by molar-refractivity contribution is 6.31. The average molecular weight is 303 g/mol. The zero-order valence-corrected chi connectivity index (χ0v) is 12.6. The van der Waals surface area contributed by atoms with Gasteiger partial charge in [0.15, 0.2) is 0 Å². The molecule has 1 heterocycles. The van der Waals surface area contributed by atoms with Gasteiger partial charge in [-0.15, -0.1) is 0 Å². The smallest absolute Gasteiger partial charge is 0.312 e. The monoisotopic (exact) mass is 302 g/mol. The summed E-state index contributed by atoms with van der Waals surface area (Å²) in [6.07, 6.45) is 0.284. The molecule has 3 rings (SSSR count). The van der Waals surface area contributed by atoms with Crippen molar-refractivity contribution in [3.05, 3.63) is 58.1 Å². The Morgan fingerprint density at radius 2 is 2.00 bits per heavy atom. The summed E-state index contributed by atoms with van der Waals surface area (Å²) >= 11 is 6.24. The summed E-state index contributed by atoms with van der Waals surface area (Å²) < 4.78 is 10.8. The van der Waals surface area contributed by atoms with E-state index < -0.39 is 0 Å². The number of para-hydroxylation sites is 1. The molecule has 21 heavy (non-hydrogen) atoms. The van der Waals surface area contributed by atoms with Crippen molar-refractivity contribution in [1.29, 1.82) is 0 Å². The van der Waals surface area contributed by atoms with Gasteiger partial charge >= 0.3 is 5.97 Å². The quantitative estimate of drug-likeness (QED) is 0.619. The number of halogens is 1. The minimum Gasteiger partial charge on any atom is -0.496 e. The molecule has 1 atom stereocenters. The Balaban J connectivity index is 2.17. The van der Waals surface area contributed by atoms with Crippen LogP contribution in [-0.2, 0) is 4.79 Å². The van der Waals surface area contributed by atoms with Gasteiger partial charge in [-0.05, 0) is 30.7 Å². The number of esters is 1. The summed E-state index contributed by atoms with van der Waals surface area (Å²) in [6.45, 7) is 1.89. The van der Waals surface area contributed by atoms with Gasteiger partial charge in [-0.2, -0.15) is 0 Å². The van der Waals surface area contributed by atoms with E-state index in [-0.39, 0.29) is 18.3 Å². The van der Waals surface area contributed by atoms with Crippen LogP contribution in [0.1, 0.15) is 29.0 Å². The van der Waals surface area contributed by atoms with E-state index in [1.165, 1.54) is 0 Å². The van der Waals surface area contributed by atoms with Crippen LogP contribution in [-0.4, -0.2) is 13.1 Å². The highest BCUT2D eigenvalue weighted by Gasteiger charge is 2.30. The predicted octanol–water partition coefficient (Wildman–Crippen LogP) is 4.10. The number of carbonyl (C=O) groups is 1. The van der Waals surface area contributed by atoms with Crippen LogP contribution in [0.5, 0.6) is 11.5 Å². The molecule has 0 unspecified atom stereocenters. The summed E-state index contributed by atoms with van der Waals surface area (Å²) in [4.78, 5) is 11.9. The predicted molar refractivity (Wildman–Crippen MR) is 81.3 cm³/mol. The maximum atomic E-state index is 11.9. The molecular weight excluding hydrogens is 288 g/mol. The molecule has 0 fully saturated rings. The zero-order valence-electron chi connectivity index (χ0n) is 11.9.